The first-order chi connectivity index (χ1) is 17.4. The molecule has 0 unspecified atom stereocenters. The topological polar surface area (TPSA) is 89.0 Å². The SMILES string of the molecule is CN(Cc1ccccn1)C(=O)CCN(C)C(=O)O[C@@H](Cc1ccccc1)C(=O)OCc1ccccc1. The third-order valence-electron chi connectivity index (χ3n) is 5.52. The lowest BCUT2D eigenvalue weighted by Crippen LogP contribution is -2.38. The van der Waals surface area contributed by atoms with Gasteiger partial charge in [0.2, 0.25) is 12.0 Å². The molecule has 188 valence electrons. The van der Waals surface area contributed by atoms with Crippen molar-refractivity contribution in [3.8, 4) is 0 Å². The number of carbonyl (C=O) groups is 3. The third-order valence-corrected chi connectivity index (χ3v) is 5.52. The maximum Gasteiger partial charge on any atom is 0.410 e. The number of aromatic nitrogens is 1. The van der Waals surface area contributed by atoms with Crippen LogP contribution in [0.1, 0.15) is 23.2 Å². The van der Waals surface area contributed by atoms with Crippen LogP contribution in [-0.2, 0) is 38.6 Å². The fourth-order valence-electron chi connectivity index (χ4n) is 3.40. The maximum absolute atomic E-state index is 12.8. The summed E-state index contributed by atoms with van der Waals surface area (Å²) in [4.78, 5) is 45.2. The lowest BCUT2D eigenvalue weighted by molar-refractivity contribution is -0.155. The van der Waals surface area contributed by atoms with Gasteiger partial charge in [-0.1, -0.05) is 66.7 Å². The van der Waals surface area contributed by atoms with Gasteiger partial charge in [0.15, 0.2) is 0 Å². The van der Waals surface area contributed by atoms with Crippen LogP contribution in [0.25, 0.3) is 0 Å². The highest BCUT2D eigenvalue weighted by molar-refractivity contribution is 5.80. The Hall–Kier alpha value is -4.20. The van der Waals surface area contributed by atoms with E-state index in [1.165, 1.54) is 11.9 Å². The van der Waals surface area contributed by atoms with Gasteiger partial charge in [-0.15, -0.1) is 0 Å². The normalized spacial score (nSPS) is 11.3. The van der Waals surface area contributed by atoms with Gasteiger partial charge in [-0.2, -0.15) is 0 Å². The number of pyridine rings is 1. The summed E-state index contributed by atoms with van der Waals surface area (Å²) in [7, 11) is 3.22. The van der Waals surface area contributed by atoms with Crippen LogP contribution in [0.15, 0.2) is 85.1 Å². The first-order valence-electron chi connectivity index (χ1n) is 11.7. The van der Waals surface area contributed by atoms with Crippen molar-refractivity contribution in [1.82, 2.24) is 14.8 Å². The molecule has 0 saturated carbocycles. The van der Waals surface area contributed by atoms with E-state index in [-0.39, 0.29) is 31.9 Å². The van der Waals surface area contributed by atoms with Crippen molar-refractivity contribution in [2.45, 2.75) is 32.1 Å². The molecule has 1 heterocycles. The zero-order valence-electron chi connectivity index (χ0n) is 20.6. The van der Waals surface area contributed by atoms with E-state index in [0.717, 1.165) is 16.8 Å². The number of esters is 1. The van der Waals surface area contributed by atoms with E-state index >= 15 is 0 Å². The number of hydrogen-bond donors (Lipinski definition) is 0. The monoisotopic (exact) mass is 489 g/mol. The highest BCUT2D eigenvalue weighted by atomic mass is 16.6. The lowest BCUT2D eigenvalue weighted by atomic mass is 10.1. The minimum atomic E-state index is -1.12. The van der Waals surface area contributed by atoms with Crippen LogP contribution in [0.4, 0.5) is 4.79 Å². The van der Waals surface area contributed by atoms with Gasteiger partial charge in [-0.05, 0) is 23.3 Å². The molecule has 0 aliphatic carbocycles. The third kappa shape index (κ3) is 8.54. The van der Waals surface area contributed by atoms with Crippen molar-refractivity contribution in [3.63, 3.8) is 0 Å². The molecule has 0 N–H and O–H groups in total. The van der Waals surface area contributed by atoms with Crippen LogP contribution in [-0.4, -0.2) is 59.5 Å². The Balaban J connectivity index is 1.54. The zero-order valence-corrected chi connectivity index (χ0v) is 20.6. The predicted octanol–water partition coefficient (Wildman–Crippen LogP) is 3.85. The van der Waals surface area contributed by atoms with Crippen molar-refractivity contribution in [1.29, 1.82) is 0 Å². The van der Waals surface area contributed by atoms with Gasteiger partial charge in [0.25, 0.3) is 0 Å². The molecule has 0 aliphatic heterocycles. The number of amides is 2. The van der Waals surface area contributed by atoms with Crippen LogP contribution >= 0.6 is 0 Å². The molecule has 2 aromatic carbocycles. The average Bonchev–Trinajstić information content (AvgIpc) is 2.91. The summed E-state index contributed by atoms with van der Waals surface area (Å²) in [5.74, 6) is -0.765. The summed E-state index contributed by atoms with van der Waals surface area (Å²) in [5.41, 5.74) is 2.45. The van der Waals surface area contributed by atoms with E-state index < -0.39 is 18.2 Å². The number of benzene rings is 2. The smallest absolute Gasteiger partial charge is 0.410 e. The average molecular weight is 490 g/mol. The Kier molecular flexibility index (Phi) is 10.00. The maximum atomic E-state index is 12.8. The Morgan fingerprint density at radius 3 is 2.11 bits per heavy atom. The fraction of sp³-hybridized carbons (Fsp3) is 0.286. The molecule has 1 aromatic heterocycles. The lowest BCUT2D eigenvalue weighted by Gasteiger charge is -2.23. The minimum absolute atomic E-state index is 0.0788. The minimum Gasteiger partial charge on any atom is -0.458 e. The molecule has 0 saturated heterocycles. The molecule has 0 spiro atoms. The van der Waals surface area contributed by atoms with Crippen molar-refractivity contribution >= 4 is 18.0 Å². The van der Waals surface area contributed by atoms with E-state index in [9.17, 15) is 14.4 Å². The molecule has 0 radical (unpaired) electrons. The highest BCUT2D eigenvalue weighted by Crippen LogP contribution is 2.12. The summed E-state index contributed by atoms with van der Waals surface area (Å²) in [6.45, 7) is 0.594. The molecule has 2 amide bonds. The van der Waals surface area contributed by atoms with E-state index in [0.29, 0.717) is 6.54 Å². The molecule has 0 fully saturated rings. The number of carbonyl (C=O) groups excluding carboxylic acids is 3. The van der Waals surface area contributed by atoms with Crippen molar-refractivity contribution in [2.75, 3.05) is 20.6 Å². The van der Waals surface area contributed by atoms with Gasteiger partial charge >= 0.3 is 12.1 Å². The Labute approximate surface area is 211 Å². The van der Waals surface area contributed by atoms with Crippen LogP contribution in [0.2, 0.25) is 0 Å². The molecule has 8 heteroatoms. The van der Waals surface area contributed by atoms with Crippen LogP contribution in [0.3, 0.4) is 0 Å². The van der Waals surface area contributed by atoms with Gasteiger partial charge in [0.05, 0.1) is 12.2 Å². The fourth-order valence-corrected chi connectivity index (χ4v) is 3.40. The second-order valence-electron chi connectivity index (χ2n) is 8.40. The molecule has 1 atom stereocenters. The molecule has 3 aromatic rings. The van der Waals surface area contributed by atoms with E-state index in [4.69, 9.17) is 9.47 Å². The first-order valence-corrected chi connectivity index (χ1v) is 11.7. The standard InChI is InChI=1S/C28H31N3O5/c1-30(18-16-26(32)31(2)20-24-15-9-10-17-29-24)28(34)36-25(19-22-11-5-3-6-12-22)27(33)35-21-23-13-7-4-8-14-23/h3-15,17,25H,16,18-21H2,1-2H3/t25-/m0/s1. The van der Waals surface area contributed by atoms with Gasteiger partial charge in [0, 0.05) is 39.7 Å². The second-order valence-corrected chi connectivity index (χ2v) is 8.40. The summed E-state index contributed by atoms with van der Waals surface area (Å²) in [6, 6.07) is 24.1. The molecule has 8 nitrogen and oxygen atoms in total. The van der Waals surface area contributed by atoms with Crippen LogP contribution in [0, 0.1) is 0 Å². The quantitative estimate of drug-likeness (QED) is 0.380. The van der Waals surface area contributed by atoms with Crippen molar-refractivity contribution < 1.29 is 23.9 Å². The predicted molar refractivity (Wildman–Crippen MR) is 135 cm³/mol. The second kappa shape index (κ2) is 13.6. The van der Waals surface area contributed by atoms with Crippen molar-refractivity contribution in [3.05, 3.63) is 102 Å². The largest absolute Gasteiger partial charge is 0.458 e. The number of hydrogen-bond acceptors (Lipinski definition) is 6. The van der Waals surface area contributed by atoms with E-state index in [1.54, 1.807) is 18.1 Å². The van der Waals surface area contributed by atoms with Crippen molar-refractivity contribution in [2.24, 2.45) is 0 Å². The van der Waals surface area contributed by atoms with E-state index in [2.05, 4.69) is 4.98 Å². The number of nitrogens with zero attached hydrogens (tertiary/aromatic N) is 3. The zero-order chi connectivity index (χ0) is 25.8. The van der Waals surface area contributed by atoms with Gasteiger partial charge in [0.1, 0.15) is 6.61 Å². The van der Waals surface area contributed by atoms with Crippen LogP contribution < -0.4 is 0 Å². The Bertz CT molecular complexity index is 1110. The summed E-state index contributed by atoms with van der Waals surface area (Å²) < 4.78 is 11.0. The summed E-state index contributed by atoms with van der Waals surface area (Å²) in [6.07, 6.45) is 0.145. The van der Waals surface area contributed by atoms with Gasteiger partial charge in [-0.3, -0.25) is 9.78 Å². The number of rotatable bonds is 11. The van der Waals surface area contributed by atoms with Crippen LogP contribution in [0.5, 0.6) is 0 Å². The first kappa shape index (κ1) is 26.4. The number of ether oxygens (including phenoxy) is 2. The molecule has 36 heavy (non-hydrogen) atoms. The Morgan fingerprint density at radius 1 is 0.833 bits per heavy atom. The molecular formula is C28H31N3O5. The molecule has 0 bridgehead atoms. The molecular weight excluding hydrogens is 458 g/mol. The summed E-state index contributed by atoms with van der Waals surface area (Å²) in [5, 5.41) is 0. The van der Waals surface area contributed by atoms with Gasteiger partial charge in [-0.25, -0.2) is 9.59 Å². The Morgan fingerprint density at radius 2 is 1.47 bits per heavy atom. The summed E-state index contributed by atoms with van der Waals surface area (Å²) >= 11 is 0. The highest BCUT2D eigenvalue weighted by Gasteiger charge is 2.27. The molecule has 3 rings (SSSR count). The molecule has 0 aliphatic rings. The van der Waals surface area contributed by atoms with Gasteiger partial charge < -0.3 is 19.3 Å². The van der Waals surface area contributed by atoms with E-state index in [1.807, 2.05) is 78.9 Å².